The summed E-state index contributed by atoms with van der Waals surface area (Å²) in [4.78, 5) is 16.1. The molecule has 3 rings (SSSR count). The topological polar surface area (TPSA) is 20.3 Å². The Morgan fingerprint density at radius 1 is 1.30 bits per heavy atom. The Kier molecular flexibility index (Phi) is 4.02. The quantitative estimate of drug-likeness (QED) is 0.640. The third kappa shape index (κ3) is 2.59. The lowest BCUT2D eigenvalue weighted by Gasteiger charge is -2.33. The number of amides is 1. The predicted octanol–water partition coefficient (Wildman–Crippen LogP) is 5.03. The monoisotopic (exact) mass is 413 g/mol. The fraction of sp³-hybridized carbons (Fsp3) is 0.267. The normalized spacial score (nSPS) is 17.9. The molecule has 20 heavy (non-hydrogen) atoms. The average molecular weight is 415 g/mol. The van der Waals surface area contributed by atoms with Crippen LogP contribution in [0.5, 0.6) is 0 Å². The lowest BCUT2D eigenvalue weighted by molar-refractivity contribution is 0.0679. The van der Waals surface area contributed by atoms with E-state index in [9.17, 15) is 4.79 Å². The third-order valence-electron chi connectivity index (χ3n) is 3.65. The summed E-state index contributed by atoms with van der Waals surface area (Å²) < 4.78 is 1.83. The molecule has 1 aliphatic rings. The van der Waals surface area contributed by atoms with Gasteiger partial charge < -0.3 is 4.90 Å². The zero-order valence-corrected chi connectivity index (χ0v) is 14.9. The molecule has 0 spiro atoms. The number of carbonyl (C=O) groups excluding carboxylic acids is 1. The Hall–Kier alpha value is -0.650. The third-order valence-corrected chi connectivity index (χ3v) is 5.56. The molecule has 0 N–H and O–H groups in total. The summed E-state index contributed by atoms with van der Waals surface area (Å²) in [6.07, 6.45) is 0.957. The van der Waals surface area contributed by atoms with Crippen LogP contribution in [0, 0.1) is 0 Å². The minimum atomic E-state index is 0.0938. The minimum Gasteiger partial charge on any atom is -0.331 e. The molecular weight excluding hydrogens is 402 g/mol. The van der Waals surface area contributed by atoms with Gasteiger partial charge in [0.2, 0.25) is 0 Å². The van der Waals surface area contributed by atoms with Crippen molar-refractivity contribution in [2.75, 3.05) is 6.54 Å². The van der Waals surface area contributed by atoms with Gasteiger partial charge >= 0.3 is 0 Å². The molecule has 0 radical (unpaired) electrons. The van der Waals surface area contributed by atoms with Crippen molar-refractivity contribution in [1.29, 1.82) is 0 Å². The van der Waals surface area contributed by atoms with E-state index >= 15 is 0 Å². The zero-order valence-electron chi connectivity index (χ0n) is 10.9. The molecule has 1 aromatic heterocycles. The highest BCUT2D eigenvalue weighted by molar-refractivity contribution is 9.11. The average Bonchev–Trinajstić information content (AvgIpc) is 2.86. The molecule has 0 saturated heterocycles. The Morgan fingerprint density at radius 3 is 2.70 bits per heavy atom. The van der Waals surface area contributed by atoms with E-state index < -0.39 is 0 Å². The van der Waals surface area contributed by atoms with E-state index in [1.54, 1.807) is 11.3 Å². The molecular formula is C15H13Br2NOS. The lowest BCUT2D eigenvalue weighted by Crippen LogP contribution is -2.38. The maximum atomic E-state index is 12.7. The van der Waals surface area contributed by atoms with E-state index in [0.29, 0.717) is 0 Å². The summed E-state index contributed by atoms with van der Waals surface area (Å²) in [5, 5.41) is 2.12. The van der Waals surface area contributed by atoms with Gasteiger partial charge in [0, 0.05) is 25.9 Å². The van der Waals surface area contributed by atoms with Gasteiger partial charge in [0.25, 0.3) is 5.91 Å². The molecule has 2 heterocycles. The first kappa shape index (κ1) is 14.3. The fourth-order valence-corrected chi connectivity index (χ4v) is 4.89. The SMILES string of the molecule is CC1c2ccsc2CCN1C(=O)c1cc(Br)cc(Br)c1. The summed E-state index contributed by atoms with van der Waals surface area (Å²) >= 11 is 8.67. The molecule has 2 aromatic rings. The van der Waals surface area contributed by atoms with Crippen molar-refractivity contribution in [2.45, 2.75) is 19.4 Å². The molecule has 1 unspecified atom stereocenters. The van der Waals surface area contributed by atoms with E-state index in [1.807, 2.05) is 23.1 Å². The standard InChI is InChI=1S/C15H13Br2NOS/c1-9-13-3-5-20-14(13)2-4-18(9)15(19)10-6-11(16)8-12(17)7-10/h3,5-9H,2,4H2,1H3. The van der Waals surface area contributed by atoms with Crippen molar-refractivity contribution in [1.82, 2.24) is 4.90 Å². The molecule has 104 valence electrons. The van der Waals surface area contributed by atoms with Crippen molar-refractivity contribution < 1.29 is 4.79 Å². The van der Waals surface area contributed by atoms with E-state index in [1.165, 1.54) is 10.4 Å². The van der Waals surface area contributed by atoms with Crippen molar-refractivity contribution >= 4 is 49.1 Å². The largest absolute Gasteiger partial charge is 0.331 e. The Balaban J connectivity index is 1.92. The number of hydrogen-bond acceptors (Lipinski definition) is 2. The number of carbonyl (C=O) groups is 1. The van der Waals surface area contributed by atoms with E-state index in [-0.39, 0.29) is 11.9 Å². The second-order valence-electron chi connectivity index (χ2n) is 4.88. The van der Waals surface area contributed by atoms with Crippen LogP contribution in [-0.2, 0) is 6.42 Å². The number of benzene rings is 1. The number of hydrogen-bond donors (Lipinski definition) is 0. The highest BCUT2D eigenvalue weighted by Crippen LogP contribution is 2.34. The smallest absolute Gasteiger partial charge is 0.254 e. The maximum absolute atomic E-state index is 12.7. The van der Waals surface area contributed by atoms with Gasteiger partial charge in [-0.05, 0) is 48.6 Å². The highest BCUT2D eigenvalue weighted by atomic mass is 79.9. The van der Waals surface area contributed by atoms with Crippen LogP contribution >= 0.6 is 43.2 Å². The number of thiophene rings is 1. The van der Waals surface area contributed by atoms with Gasteiger partial charge in [-0.15, -0.1) is 11.3 Å². The van der Waals surface area contributed by atoms with Crippen LogP contribution < -0.4 is 0 Å². The molecule has 2 nitrogen and oxygen atoms in total. The van der Waals surface area contributed by atoms with Crippen molar-refractivity contribution in [2.24, 2.45) is 0 Å². The van der Waals surface area contributed by atoms with Crippen molar-refractivity contribution in [3.63, 3.8) is 0 Å². The molecule has 1 aromatic carbocycles. The van der Waals surface area contributed by atoms with Gasteiger partial charge in [0.15, 0.2) is 0 Å². The summed E-state index contributed by atoms with van der Waals surface area (Å²) in [5.74, 6) is 0.0938. The highest BCUT2D eigenvalue weighted by Gasteiger charge is 2.29. The van der Waals surface area contributed by atoms with E-state index in [0.717, 1.165) is 27.5 Å². The molecule has 5 heteroatoms. The lowest BCUT2D eigenvalue weighted by atomic mass is 10.0. The fourth-order valence-electron chi connectivity index (χ4n) is 2.63. The van der Waals surface area contributed by atoms with Crippen LogP contribution in [0.4, 0.5) is 0 Å². The summed E-state index contributed by atoms with van der Waals surface area (Å²) in [6.45, 7) is 2.90. The molecule has 0 bridgehead atoms. The Bertz CT molecular complexity index is 647. The Labute approximate surface area is 139 Å². The number of fused-ring (bicyclic) bond motifs is 1. The minimum absolute atomic E-state index is 0.0938. The zero-order chi connectivity index (χ0) is 14.3. The first-order valence-corrected chi connectivity index (χ1v) is 8.86. The summed E-state index contributed by atoms with van der Waals surface area (Å²) in [6, 6.07) is 7.98. The molecule has 1 atom stereocenters. The van der Waals surface area contributed by atoms with Crippen molar-refractivity contribution in [3.8, 4) is 0 Å². The van der Waals surface area contributed by atoms with Crippen molar-refractivity contribution in [3.05, 3.63) is 54.6 Å². The van der Waals surface area contributed by atoms with Crippen LogP contribution in [0.15, 0.2) is 38.6 Å². The van der Waals surface area contributed by atoms with E-state index in [4.69, 9.17) is 0 Å². The van der Waals surface area contributed by atoms with Gasteiger partial charge in [0.1, 0.15) is 0 Å². The van der Waals surface area contributed by atoms with Crippen LogP contribution in [0.3, 0.4) is 0 Å². The molecule has 0 fully saturated rings. The number of nitrogens with zero attached hydrogens (tertiary/aromatic N) is 1. The van der Waals surface area contributed by atoms with Crippen LogP contribution in [0.1, 0.15) is 33.8 Å². The number of rotatable bonds is 1. The summed E-state index contributed by atoms with van der Waals surface area (Å²) in [5.41, 5.74) is 2.01. The van der Waals surface area contributed by atoms with Gasteiger partial charge in [-0.25, -0.2) is 0 Å². The molecule has 0 aliphatic carbocycles. The first-order chi connectivity index (χ1) is 9.56. The van der Waals surface area contributed by atoms with Gasteiger partial charge in [0.05, 0.1) is 6.04 Å². The van der Waals surface area contributed by atoms with Crippen LogP contribution in [0.25, 0.3) is 0 Å². The second-order valence-corrected chi connectivity index (χ2v) is 7.71. The first-order valence-electron chi connectivity index (χ1n) is 6.39. The molecule has 1 aliphatic heterocycles. The van der Waals surface area contributed by atoms with Gasteiger partial charge in [-0.1, -0.05) is 31.9 Å². The van der Waals surface area contributed by atoms with Gasteiger partial charge in [-0.3, -0.25) is 4.79 Å². The summed E-state index contributed by atoms with van der Waals surface area (Å²) in [7, 11) is 0. The van der Waals surface area contributed by atoms with Crippen LogP contribution in [0.2, 0.25) is 0 Å². The second kappa shape index (κ2) is 5.62. The predicted molar refractivity (Wildman–Crippen MR) is 89.3 cm³/mol. The Morgan fingerprint density at radius 2 is 2.00 bits per heavy atom. The van der Waals surface area contributed by atoms with Gasteiger partial charge in [-0.2, -0.15) is 0 Å². The van der Waals surface area contributed by atoms with E-state index in [2.05, 4.69) is 50.2 Å². The van der Waals surface area contributed by atoms with Crippen LogP contribution in [-0.4, -0.2) is 17.4 Å². The molecule has 0 saturated carbocycles. The number of halogens is 2. The maximum Gasteiger partial charge on any atom is 0.254 e. The molecule has 1 amide bonds.